The van der Waals surface area contributed by atoms with Gasteiger partial charge in [0.2, 0.25) is 10.0 Å². The van der Waals surface area contributed by atoms with Crippen LogP contribution in [0.5, 0.6) is 5.75 Å². The smallest absolute Gasteiger partial charge is 0.339 e. The van der Waals surface area contributed by atoms with Crippen LogP contribution in [0.25, 0.3) is 0 Å². The second-order valence-corrected chi connectivity index (χ2v) is 7.61. The topological polar surface area (TPSA) is 83.9 Å². The first kappa shape index (κ1) is 17.4. The van der Waals surface area contributed by atoms with E-state index in [-0.39, 0.29) is 29.3 Å². The number of sulfonamides is 1. The summed E-state index contributed by atoms with van der Waals surface area (Å²) in [5, 5.41) is 9.28. The number of hydrogen-bond donors (Lipinski definition) is 1. The van der Waals surface area contributed by atoms with E-state index in [1.807, 2.05) is 0 Å². The Bertz CT molecular complexity index is 925. The molecule has 3 rings (SSSR count). The maximum Gasteiger partial charge on any atom is 0.339 e. The summed E-state index contributed by atoms with van der Waals surface area (Å²) >= 11 is 0. The van der Waals surface area contributed by atoms with Crippen molar-refractivity contribution in [1.29, 1.82) is 0 Å². The molecule has 6 nitrogen and oxygen atoms in total. The Morgan fingerprint density at radius 1 is 1.20 bits per heavy atom. The lowest BCUT2D eigenvalue weighted by Gasteiger charge is -2.28. The van der Waals surface area contributed by atoms with Gasteiger partial charge in [0.25, 0.3) is 0 Å². The van der Waals surface area contributed by atoms with Gasteiger partial charge in [0.15, 0.2) is 0 Å². The highest BCUT2D eigenvalue weighted by atomic mass is 32.2. The molecule has 0 aliphatic carbocycles. The molecule has 1 heterocycles. The van der Waals surface area contributed by atoms with Crippen LogP contribution in [0.4, 0.5) is 4.39 Å². The highest BCUT2D eigenvalue weighted by Gasteiger charge is 2.29. The largest absolute Gasteiger partial charge is 0.496 e. The lowest BCUT2D eigenvalue weighted by Crippen LogP contribution is -2.36. The van der Waals surface area contributed by atoms with Crippen LogP contribution in [0, 0.1) is 5.82 Å². The van der Waals surface area contributed by atoms with Crippen LogP contribution in [0.2, 0.25) is 0 Å². The van der Waals surface area contributed by atoms with Gasteiger partial charge in [-0.15, -0.1) is 0 Å². The van der Waals surface area contributed by atoms with Crippen molar-refractivity contribution in [3.63, 3.8) is 0 Å². The maximum atomic E-state index is 13.0. The summed E-state index contributed by atoms with van der Waals surface area (Å²) in [7, 11) is -2.39. The number of aromatic carboxylic acids is 1. The molecule has 2 aromatic carbocycles. The number of ether oxygens (including phenoxy) is 1. The van der Waals surface area contributed by atoms with Crippen molar-refractivity contribution < 1.29 is 27.4 Å². The molecule has 1 aliphatic heterocycles. The molecule has 1 aliphatic rings. The van der Waals surface area contributed by atoms with Crippen molar-refractivity contribution in [2.75, 3.05) is 13.7 Å². The molecule has 0 atom stereocenters. The predicted octanol–water partition coefficient (Wildman–Crippen LogP) is 2.28. The molecule has 0 bridgehead atoms. The van der Waals surface area contributed by atoms with Crippen LogP contribution < -0.4 is 4.74 Å². The SMILES string of the molecule is COc1cc2c(cc1C(=O)O)CN(S(=O)(=O)c1ccc(F)cc1)CC2. The highest BCUT2D eigenvalue weighted by Crippen LogP contribution is 2.30. The normalized spacial score (nSPS) is 14.8. The number of nitrogens with zero attached hydrogens (tertiary/aromatic N) is 1. The van der Waals surface area contributed by atoms with E-state index in [2.05, 4.69) is 0 Å². The molecular weight excluding hydrogens is 349 g/mol. The fraction of sp³-hybridized carbons (Fsp3) is 0.235. The van der Waals surface area contributed by atoms with Gasteiger partial charge in [-0.1, -0.05) is 0 Å². The molecule has 0 aromatic heterocycles. The van der Waals surface area contributed by atoms with Gasteiger partial charge in [-0.3, -0.25) is 0 Å². The highest BCUT2D eigenvalue weighted by molar-refractivity contribution is 7.89. The summed E-state index contributed by atoms with van der Waals surface area (Å²) in [6, 6.07) is 7.72. The first-order valence-electron chi connectivity index (χ1n) is 7.51. The molecule has 2 aromatic rings. The summed E-state index contributed by atoms with van der Waals surface area (Å²) in [6.07, 6.45) is 0.437. The lowest BCUT2D eigenvalue weighted by molar-refractivity contribution is 0.0693. The van der Waals surface area contributed by atoms with E-state index in [1.165, 1.54) is 29.6 Å². The Balaban J connectivity index is 1.96. The number of carboxylic acid groups (broad SMARTS) is 1. The van der Waals surface area contributed by atoms with Crippen molar-refractivity contribution >= 4 is 16.0 Å². The molecule has 0 fully saturated rings. The van der Waals surface area contributed by atoms with Crippen LogP contribution in [0.3, 0.4) is 0 Å². The van der Waals surface area contributed by atoms with E-state index in [1.54, 1.807) is 6.07 Å². The van der Waals surface area contributed by atoms with Crippen LogP contribution >= 0.6 is 0 Å². The van der Waals surface area contributed by atoms with Gasteiger partial charge in [0.1, 0.15) is 17.1 Å². The quantitative estimate of drug-likeness (QED) is 0.899. The molecule has 0 saturated heterocycles. The molecule has 0 unspecified atom stereocenters. The second kappa shape index (κ2) is 6.45. The van der Waals surface area contributed by atoms with Crippen molar-refractivity contribution in [2.24, 2.45) is 0 Å². The molecule has 0 amide bonds. The minimum Gasteiger partial charge on any atom is -0.496 e. The van der Waals surface area contributed by atoms with Gasteiger partial charge in [-0.2, -0.15) is 4.31 Å². The first-order chi connectivity index (χ1) is 11.8. The number of benzene rings is 2. The minimum atomic E-state index is -3.78. The summed E-state index contributed by atoms with van der Waals surface area (Å²) in [5.41, 5.74) is 1.46. The Kier molecular flexibility index (Phi) is 4.49. The number of methoxy groups -OCH3 is 1. The molecule has 0 saturated carbocycles. The number of fused-ring (bicyclic) bond motifs is 1. The van der Waals surface area contributed by atoms with E-state index in [9.17, 15) is 22.7 Å². The number of carbonyl (C=O) groups is 1. The summed E-state index contributed by atoms with van der Waals surface area (Å²) < 4.78 is 44.8. The number of carboxylic acids is 1. The summed E-state index contributed by atoms with van der Waals surface area (Å²) in [4.78, 5) is 11.4. The molecule has 0 radical (unpaired) electrons. The molecule has 132 valence electrons. The lowest BCUT2D eigenvalue weighted by atomic mass is 9.97. The van der Waals surface area contributed by atoms with Crippen LogP contribution in [0.15, 0.2) is 41.3 Å². The average Bonchev–Trinajstić information content (AvgIpc) is 2.60. The van der Waals surface area contributed by atoms with Gasteiger partial charge >= 0.3 is 5.97 Å². The molecule has 25 heavy (non-hydrogen) atoms. The number of rotatable bonds is 4. The van der Waals surface area contributed by atoms with E-state index >= 15 is 0 Å². The average molecular weight is 365 g/mol. The zero-order chi connectivity index (χ0) is 18.2. The van der Waals surface area contributed by atoms with Gasteiger partial charge in [0.05, 0.1) is 12.0 Å². The fourth-order valence-electron chi connectivity index (χ4n) is 2.86. The van der Waals surface area contributed by atoms with Gasteiger partial charge in [-0.05, 0) is 53.9 Å². The Morgan fingerprint density at radius 2 is 1.88 bits per heavy atom. The number of hydrogen-bond acceptors (Lipinski definition) is 4. The van der Waals surface area contributed by atoms with Gasteiger partial charge in [0, 0.05) is 13.1 Å². The van der Waals surface area contributed by atoms with Crippen LogP contribution in [0.1, 0.15) is 21.5 Å². The van der Waals surface area contributed by atoms with E-state index in [0.29, 0.717) is 12.0 Å². The third-order valence-corrected chi connectivity index (χ3v) is 6.04. The monoisotopic (exact) mass is 365 g/mol. The Morgan fingerprint density at radius 3 is 2.48 bits per heavy atom. The van der Waals surface area contributed by atoms with E-state index in [0.717, 1.165) is 17.7 Å². The van der Waals surface area contributed by atoms with Crippen molar-refractivity contribution in [2.45, 2.75) is 17.9 Å². The second-order valence-electron chi connectivity index (χ2n) is 5.67. The van der Waals surface area contributed by atoms with Gasteiger partial charge < -0.3 is 9.84 Å². The van der Waals surface area contributed by atoms with E-state index < -0.39 is 21.8 Å². The third-order valence-electron chi connectivity index (χ3n) is 4.18. The van der Waals surface area contributed by atoms with Crippen molar-refractivity contribution in [1.82, 2.24) is 4.31 Å². The van der Waals surface area contributed by atoms with Crippen LogP contribution in [-0.4, -0.2) is 37.5 Å². The standard InChI is InChI=1S/C17H16FNO5S/c1-24-16-9-11-6-7-19(10-12(11)8-15(16)17(20)21)25(22,23)14-4-2-13(18)3-5-14/h2-5,8-9H,6-7,10H2,1H3,(H,20,21). The Labute approximate surface area is 144 Å². The van der Waals surface area contributed by atoms with Crippen molar-refractivity contribution in [3.8, 4) is 5.75 Å². The predicted molar refractivity (Wildman–Crippen MR) is 87.7 cm³/mol. The summed E-state index contributed by atoms with van der Waals surface area (Å²) in [5.74, 6) is -1.40. The third kappa shape index (κ3) is 3.22. The maximum absolute atomic E-state index is 13.0. The molecule has 0 spiro atoms. The number of halogens is 1. The molecular formula is C17H16FNO5S. The molecule has 8 heteroatoms. The van der Waals surface area contributed by atoms with Gasteiger partial charge in [-0.25, -0.2) is 17.6 Å². The van der Waals surface area contributed by atoms with Crippen LogP contribution in [-0.2, 0) is 23.0 Å². The van der Waals surface area contributed by atoms with E-state index in [4.69, 9.17) is 4.74 Å². The zero-order valence-corrected chi connectivity index (χ0v) is 14.2. The summed E-state index contributed by atoms with van der Waals surface area (Å²) in [6.45, 7) is 0.307. The zero-order valence-electron chi connectivity index (χ0n) is 13.4. The minimum absolute atomic E-state index is 0.00400. The Hall–Kier alpha value is -2.45. The van der Waals surface area contributed by atoms with Crippen molar-refractivity contribution in [3.05, 3.63) is 58.9 Å². The molecule has 1 N–H and O–H groups in total. The fourth-order valence-corrected chi connectivity index (χ4v) is 4.28. The first-order valence-corrected chi connectivity index (χ1v) is 8.95.